The van der Waals surface area contributed by atoms with E-state index >= 15 is 0 Å². The van der Waals surface area contributed by atoms with Crippen molar-refractivity contribution in [3.63, 3.8) is 0 Å². The summed E-state index contributed by atoms with van der Waals surface area (Å²) in [6, 6.07) is 5.88. The fraction of sp³-hybridized carbons (Fsp3) is 0.625. The maximum atomic E-state index is 11.9. The molecule has 0 bridgehead atoms. The maximum Gasteiger partial charge on any atom is 0.311 e. The van der Waals surface area contributed by atoms with E-state index in [1.54, 1.807) is 0 Å². The Hall–Kier alpha value is -2.37. The second kappa shape index (κ2) is 8.05. The van der Waals surface area contributed by atoms with Gasteiger partial charge < -0.3 is 14.6 Å². The molecule has 0 aromatic heterocycles. The van der Waals surface area contributed by atoms with Crippen LogP contribution in [-0.2, 0) is 25.5 Å². The van der Waals surface area contributed by atoms with E-state index in [4.69, 9.17) is 14.6 Å². The molecule has 5 unspecified atom stereocenters. The average Bonchev–Trinajstić information content (AvgIpc) is 3.02. The molecule has 0 spiro atoms. The lowest BCUT2D eigenvalue weighted by molar-refractivity contribution is -0.154. The summed E-state index contributed by atoms with van der Waals surface area (Å²) in [6.45, 7) is 3.81. The normalized spacial score (nSPS) is 31.8. The van der Waals surface area contributed by atoms with E-state index < -0.39 is 11.9 Å². The van der Waals surface area contributed by atoms with Crippen LogP contribution in [0.15, 0.2) is 18.2 Å². The molecule has 2 saturated carbocycles. The number of hydrogen-bond acceptors (Lipinski definition) is 5. The van der Waals surface area contributed by atoms with Crippen molar-refractivity contribution in [3.8, 4) is 5.75 Å². The van der Waals surface area contributed by atoms with Gasteiger partial charge in [0, 0.05) is 12.3 Å². The van der Waals surface area contributed by atoms with Crippen molar-refractivity contribution in [2.75, 3.05) is 0 Å². The minimum absolute atomic E-state index is 0.0370. The summed E-state index contributed by atoms with van der Waals surface area (Å²) >= 11 is 0. The minimum atomic E-state index is -1.00. The lowest BCUT2D eigenvalue weighted by atomic mass is 9.55. The third kappa shape index (κ3) is 3.84. The molecule has 0 amide bonds. The van der Waals surface area contributed by atoms with Gasteiger partial charge in [0.2, 0.25) is 0 Å². The zero-order valence-corrected chi connectivity index (χ0v) is 17.7. The highest BCUT2D eigenvalue weighted by Gasteiger charge is 2.56. The van der Waals surface area contributed by atoms with Crippen molar-refractivity contribution >= 4 is 17.9 Å². The second-order valence-corrected chi connectivity index (χ2v) is 9.36. The van der Waals surface area contributed by atoms with E-state index in [2.05, 4.69) is 13.0 Å². The van der Waals surface area contributed by atoms with Crippen LogP contribution in [0.3, 0.4) is 0 Å². The van der Waals surface area contributed by atoms with Gasteiger partial charge in [-0.25, -0.2) is 0 Å². The number of carboxylic acid groups (broad SMARTS) is 1. The molecule has 6 heteroatoms. The summed E-state index contributed by atoms with van der Waals surface area (Å²) in [6.07, 6.45) is 5.95. The molecule has 0 aliphatic heterocycles. The fourth-order valence-electron chi connectivity index (χ4n) is 6.36. The Bertz CT molecular complexity index is 861. The van der Waals surface area contributed by atoms with Gasteiger partial charge in [-0.1, -0.05) is 13.0 Å². The standard InChI is InChI=1S/C24H30O6/c1-14(25)29-21-8-7-20-19-5-3-15-13-16(30-23(28)10-9-22(26)27)4-6-17(15)18(19)11-12-24(20,21)2/h4,6,13,18-21H,3,5,7-12H2,1-2H3,(H,26,27). The first-order chi connectivity index (χ1) is 14.3. The fourth-order valence-corrected chi connectivity index (χ4v) is 6.36. The number of carbonyl (C=O) groups excluding carboxylic acids is 2. The smallest absolute Gasteiger partial charge is 0.311 e. The Morgan fingerprint density at radius 1 is 1.13 bits per heavy atom. The predicted molar refractivity (Wildman–Crippen MR) is 109 cm³/mol. The highest BCUT2D eigenvalue weighted by molar-refractivity contribution is 5.78. The van der Waals surface area contributed by atoms with Crippen molar-refractivity contribution in [2.24, 2.45) is 17.3 Å². The monoisotopic (exact) mass is 414 g/mol. The molecule has 1 aromatic carbocycles. The van der Waals surface area contributed by atoms with E-state index in [0.29, 0.717) is 23.5 Å². The van der Waals surface area contributed by atoms with Crippen LogP contribution in [0.25, 0.3) is 0 Å². The predicted octanol–water partition coefficient (Wildman–Crippen LogP) is 4.24. The Balaban J connectivity index is 1.48. The van der Waals surface area contributed by atoms with Gasteiger partial charge in [0.25, 0.3) is 0 Å². The number of carbonyl (C=O) groups is 3. The van der Waals surface area contributed by atoms with Crippen LogP contribution in [0.1, 0.15) is 75.8 Å². The van der Waals surface area contributed by atoms with Gasteiger partial charge >= 0.3 is 17.9 Å². The van der Waals surface area contributed by atoms with Crippen molar-refractivity contribution < 1.29 is 29.0 Å². The van der Waals surface area contributed by atoms with Crippen LogP contribution in [-0.4, -0.2) is 29.1 Å². The lowest BCUT2D eigenvalue weighted by Gasteiger charge is -2.50. The van der Waals surface area contributed by atoms with Gasteiger partial charge in [0.05, 0.1) is 12.8 Å². The second-order valence-electron chi connectivity index (χ2n) is 9.36. The molecule has 5 atom stereocenters. The molecular formula is C24H30O6. The van der Waals surface area contributed by atoms with E-state index in [0.717, 1.165) is 38.5 Å². The van der Waals surface area contributed by atoms with Crippen molar-refractivity contribution in [2.45, 2.75) is 77.2 Å². The molecular weight excluding hydrogens is 384 g/mol. The highest BCUT2D eigenvalue weighted by atomic mass is 16.5. The molecule has 0 heterocycles. The van der Waals surface area contributed by atoms with Gasteiger partial charge in [-0.2, -0.15) is 0 Å². The molecule has 162 valence electrons. The Morgan fingerprint density at radius 3 is 2.67 bits per heavy atom. The van der Waals surface area contributed by atoms with E-state index in [9.17, 15) is 14.4 Å². The summed E-state index contributed by atoms with van der Waals surface area (Å²) in [5.74, 6) is 0.475. The largest absolute Gasteiger partial charge is 0.481 e. The van der Waals surface area contributed by atoms with Crippen LogP contribution < -0.4 is 4.74 Å². The SMILES string of the molecule is CC(=O)OC1CCC2C3CCc4cc(OC(=O)CCC(=O)O)ccc4C3CCC12C. The molecule has 30 heavy (non-hydrogen) atoms. The zero-order valence-electron chi connectivity index (χ0n) is 17.7. The first-order valence-electron chi connectivity index (χ1n) is 11.0. The average molecular weight is 414 g/mol. The van der Waals surface area contributed by atoms with Crippen molar-refractivity contribution in [3.05, 3.63) is 29.3 Å². The van der Waals surface area contributed by atoms with Gasteiger partial charge in [-0.15, -0.1) is 0 Å². The Kier molecular flexibility index (Phi) is 5.60. The van der Waals surface area contributed by atoms with E-state index in [-0.39, 0.29) is 30.3 Å². The zero-order chi connectivity index (χ0) is 21.5. The number of fused-ring (bicyclic) bond motifs is 5. The summed E-state index contributed by atoms with van der Waals surface area (Å²) in [4.78, 5) is 34.0. The summed E-state index contributed by atoms with van der Waals surface area (Å²) in [5, 5.41) is 8.71. The number of aryl methyl sites for hydroxylation is 1. The molecule has 0 saturated heterocycles. The molecule has 1 N–H and O–H groups in total. The molecule has 3 aliphatic carbocycles. The molecule has 2 fully saturated rings. The first kappa shape index (κ1) is 20.9. The van der Waals surface area contributed by atoms with Crippen molar-refractivity contribution in [1.29, 1.82) is 0 Å². The van der Waals surface area contributed by atoms with Crippen molar-refractivity contribution in [1.82, 2.24) is 0 Å². The number of esters is 2. The van der Waals surface area contributed by atoms with Crippen LogP contribution in [0.5, 0.6) is 5.75 Å². The third-order valence-electron chi connectivity index (χ3n) is 7.69. The van der Waals surface area contributed by atoms with Crippen LogP contribution in [0.2, 0.25) is 0 Å². The summed E-state index contributed by atoms with van der Waals surface area (Å²) in [5.41, 5.74) is 2.66. The maximum absolute atomic E-state index is 11.9. The van der Waals surface area contributed by atoms with Crippen LogP contribution >= 0.6 is 0 Å². The van der Waals surface area contributed by atoms with Crippen LogP contribution in [0, 0.1) is 17.3 Å². The van der Waals surface area contributed by atoms with E-state index in [1.807, 2.05) is 12.1 Å². The number of ether oxygens (including phenoxy) is 2. The molecule has 4 rings (SSSR count). The first-order valence-corrected chi connectivity index (χ1v) is 11.0. The van der Waals surface area contributed by atoms with Gasteiger partial charge in [0.15, 0.2) is 0 Å². The number of rotatable bonds is 5. The number of aliphatic carboxylic acids is 1. The minimum Gasteiger partial charge on any atom is -0.481 e. The Morgan fingerprint density at radius 2 is 1.93 bits per heavy atom. The molecule has 0 radical (unpaired) electrons. The van der Waals surface area contributed by atoms with Gasteiger partial charge in [-0.3, -0.25) is 14.4 Å². The summed E-state index contributed by atoms with van der Waals surface area (Å²) < 4.78 is 11.0. The number of carboxylic acids is 1. The van der Waals surface area contributed by atoms with Crippen LogP contribution in [0.4, 0.5) is 0 Å². The van der Waals surface area contributed by atoms with E-state index in [1.165, 1.54) is 18.1 Å². The van der Waals surface area contributed by atoms with Gasteiger partial charge in [0.1, 0.15) is 11.9 Å². The third-order valence-corrected chi connectivity index (χ3v) is 7.69. The molecule has 1 aromatic rings. The topological polar surface area (TPSA) is 89.9 Å². The highest BCUT2D eigenvalue weighted by Crippen LogP contribution is 2.61. The quantitative estimate of drug-likeness (QED) is 0.572. The molecule has 3 aliphatic rings. The Labute approximate surface area is 176 Å². The number of hydrogen-bond donors (Lipinski definition) is 1. The van der Waals surface area contributed by atoms with Gasteiger partial charge in [-0.05, 0) is 79.5 Å². The summed E-state index contributed by atoms with van der Waals surface area (Å²) in [7, 11) is 0. The molecule has 6 nitrogen and oxygen atoms in total. The number of benzene rings is 1. The lowest BCUT2D eigenvalue weighted by Crippen LogP contribution is -2.45.